The summed E-state index contributed by atoms with van der Waals surface area (Å²) in [6.07, 6.45) is -6.58. The highest BCUT2D eigenvalue weighted by atomic mass is 31.2. The van der Waals surface area contributed by atoms with Gasteiger partial charge in [0.1, 0.15) is 12.1 Å². The fourth-order valence-corrected chi connectivity index (χ4v) is 5.03. The van der Waals surface area contributed by atoms with Crippen LogP contribution in [0, 0.1) is 10.8 Å². The minimum Gasteiger partial charge on any atom is -0.453 e. The summed E-state index contributed by atoms with van der Waals surface area (Å²) < 4.78 is 243. The number of aromatic nitrogens is 1. The molecule has 6 N–H and O–H groups in total. The summed E-state index contributed by atoms with van der Waals surface area (Å²) in [4.78, 5) is 80.0. The van der Waals surface area contributed by atoms with Crippen molar-refractivity contribution in [1.29, 1.82) is 0 Å². The summed E-state index contributed by atoms with van der Waals surface area (Å²) in [5, 5.41) is 4.81. The second kappa shape index (κ2) is 21.0. The highest BCUT2D eigenvalue weighted by Gasteiger charge is 2.38. The van der Waals surface area contributed by atoms with Crippen molar-refractivity contribution in [3.63, 3.8) is 0 Å². The van der Waals surface area contributed by atoms with Crippen LogP contribution in [-0.4, -0.2) is 95.4 Å². The van der Waals surface area contributed by atoms with E-state index in [4.69, 9.17) is 37.6 Å². The first-order chi connectivity index (χ1) is 37.2. The first kappa shape index (κ1) is 21.2. The SMILES string of the molecule is [2H]C([2H])([2H])OC(=O)N[C@H](C(=O)N[C@@H](Cc1ccccc1)[C@H](CN(NC(=O)[C@@H](NC(=O)OC([2H])([2H])[2H])C(C([2H])([2H])[2H])(C([2H])([2H])[2H])C([2H])([2H])[2H])C([2H])([2H])c1ccc(-c2ccccn2)cc1)OCOP(=O)(O)O)C(C([2H])([2H])[2H])(C([2H])([2H])[2H])C([2H])([2H])[2H]. The number of hydrogen-bond acceptors (Lipinski definition) is 11. The van der Waals surface area contributed by atoms with Gasteiger partial charge >= 0.3 is 20.0 Å². The molecule has 0 radical (unpaired) electrons. The van der Waals surface area contributed by atoms with Gasteiger partial charge in [0.25, 0.3) is 5.91 Å². The van der Waals surface area contributed by atoms with Crippen molar-refractivity contribution in [2.75, 3.05) is 27.4 Å². The van der Waals surface area contributed by atoms with Crippen LogP contribution in [-0.2, 0) is 45.8 Å². The van der Waals surface area contributed by atoms with E-state index < -0.39 is 154 Å². The van der Waals surface area contributed by atoms with Crippen LogP contribution in [0.2, 0.25) is 0 Å². The van der Waals surface area contributed by atoms with Crippen LogP contribution in [0.3, 0.4) is 0 Å². The molecule has 0 spiro atoms. The van der Waals surface area contributed by atoms with Crippen molar-refractivity contribution in [2.45, 2.75) is 78.3 Å². The van der Waals surface area contributed by atoms with Crippen molar-refractivity contribution in [3.05, 3.63) is 90.1 Å². The Balaban J connectivity index is 2.60. The van der Waals surface area contributed by atoms with Crippen LogP contribution in [0.4, 0.5) is 9.59 Å². The van der Waals surface area contributed by atoms with Crippen molar-refractivity contribution < 1.29 is 87.9 Å². The first-order valence-corrected chi connectivity index (χ1v) is 17.5. The van der Waals surface area contributed by atoms with Gasteiger partial charge in [-0.3, -0.25) is 24.5 Å². The summed E-state index contributed by atoms with van der Waals surface area (Å²) in [6.45, 7) is -33.3. The molecule has 2 aromatic carbocycles. The lowest BCUT2D eigenvalue weighted by atomic mass is 9.85. The summed E-state index contributed by atoms with van der Waals surface area (Å²) in [7, 11) is -13.2. The number of phosphoric ester groups is 1. The number of pyridine rings is 1. The molecule has 18 heteroatoms. The molecule has 17 nitrogen and oxygen atoms in total. The van der Waals surface area contributed by atoms with Gasteiger partial charge in [0.05, 0.1) is 42.9 Å². The van der Waals surface area contributed by atoms with E-state index in [-0.39, 0.29) is 21.8 Å². The van der Waals surface area contributed by atoms with Crippen molar-refractivity contribution in [1.82, 2.24) is 31.4 Å². The van der Waals surface area contributed by atoms with E-state index in [0.717, 1.165) is 12.1 Å². The molecule has 3 aromatic rings. The Kier molecular flexibility index (Phi) is 7.82. The van der Waals surface area contributed by atoms with Gasteiger partial charge in [0.2, 0.25) is 5.91 Å². The minimum absolute atomic E-state index is 0.0147. The van der Waals surface area contributed by atoms with Gasteiger partial charge in [0.15, 0.2) is 6.79 Å². The number of phosphoric acid groups is 1. The van der Waals surface area contributed by atoms with Crippen LogP contribution in [0.25, 0.3) is 11.3 Å². The number of carbonyl (C=O) groups is 4. The number of hydrazine groups is 1. The van der Waals surface area contributed by atoms with Gasteiger partial charge in [-0.15, -0.1) is 0 Å². The van der Waals surface area contributed by atoms with Crippen LogP contribution >= 0.6 is 7.82 Å². The number of methoxy groups -OCH3 is 2. The number of benzene rings is 2. The van der Waals surface area contributed by atoms with Gasteiger partial charge in [-0.25, -0.2) is 19.2 Å². The molecule has 0 unspecified atom stereocenters. The monoisotopic (exact) mass is 841 g/mol. The number of rotatable bonds is 18. The van der Waals surface area contributed by atoms with Gasteiger partial charge in [-0.2, -0.15) is 0 Å². The number of nitrogens with one attached hydrogen (secondary N) is 4. The van der Waals surface area contributed by atoms with Crippen LogP contribution in [0.5, 0.6) is 0 Å². The fraction of sp³-hybridized carbons (Fsp3) is 0.462. The third-order valence-electron chi connectivity index (χ3n) is 7.40. The first-order valence-electron chi connectivity index (χ1n) is 29.0. The maximum Gasteiger partial charge on any atom is 0.471 e. The lowest BCUT2D eigenvalue weighted by molar-refractivity contribution is -0.135. The molecule has 1 aromatic heterocycles. The average Bonchev–Trinajstić information content (AvgIpc) is 1.09. The van der Waals surface area contributed by atoms with Crippen molar-refractivity contribution >= 4 is 31.8 Å². The largest absolute Gasteiger partial charge is 0.471 e. The Bertz CT molecular complexity index is 2660. The molecule has 0 aliphatic carbocycles. The van der Waals surface area contributed by atoms with Crippen molar-refractivity contribution in [2.24, 2.45) is 10.8 Å². The lowest BCUT2D eigenvalue weighted by Crippen LogP contribution is -2.61. The molecule has 3 rings (SSSR count). The standard InChI is InChI=1S/C39H55N6O11P/c1-38(2,3)32(42-36(48)53-7)34(46)41-30(22-26-14-10-9-11-15-26)31(55-25-56-57(50,51)52)24-45(44-35(47)33(39(4,5)6)43-37(49)54-8)23-27-17-19-28(20-18-27)29-16-12-13-21-40-29/h9-21,30-33H,22-25H2,1-8H3,(H,41,46)(H,42,48)(H,43,49)(H,44,47)(H2,50,51,52)/t30-,31-,32+,33+/m0/s1/i1D3,2D3,3D3,4D3,5D3,6D3,7D3,8D3,23D2. The summed E-state index contributed by atoms with van der Waals surface area (Å²) >= 11 is 0. The van der Waals surface area contributed by atoms with Gasteiger partial charge in [-0.05, 0) is 40.5 Å². The predicted octanol–water partition coefficient (Wildman–Crippen LogP) is 4.30. The molecule has 312 valence electrons. The van der Waals surface area contributed by atoms with E-state index in [2.05, 4.69) is 19.0 Å². The fourth-order valence-electron chi connectivity index (χ4n) is 4.83. The zero-order chi connectivity index (χ0) is 64.2. The second-order valence-electron chi connectivity index (χ2n) is 11.8. The number of hydrogen-bond donors (Lipinski definition) is 6. The molecule has 1 heterocycles. The number of amides is 4. The third-order valence-corrected chi connectivity index (χ3v) is 7.84. The molecule has 4 atom stereocenters. The Morgan fingerprint density at radius 3 is 1.95 bits per heavy atom. The van der Waals surface area contributed by atoms with Crippen LogP contribution in [0.1, 0.15) is 87.9 Å². The van der Waals surface area contributed by atoms with Gasteiger partial charge < -0.3 is 39.9 Å². The number of carbonyl (C=O) groups excluding carboxylic acids is 4. The zero-order valence-electron chi connectivity index (χ0n) is 55.3. The normalized spacial score (nSPS) is 22.9. The van der Waals surface area contributed by atoms with E-state index in [0.29, 0.717) is 0 Å². The second-order valence-corrected chi connectivity index (χ2v) is 13.0. The summed E-state index contributed by atoms with van der Waals surface area (Å²) in [5.41, 5.74) is -7.25. The Morgan fingerprint density at radius 1 is 0.807 bits per heavy atom. The topological polar surface area (TPSA) is 227 Å². The Labute approximate surface area is 369 Å². The maximum absolute atomic E-state index is 15.0. The average molecular weight is 841 g/mol. The van der Waals surface area contributed by atoms with E-state index >= 15 is 4.79 Å². The molecular formula is C39H55N6O11P. The maximum atomic E-state index is 15.0. The van der Waals surface area contributed by atoms with Crippen LogP contribution in [0.15, 0.2) is 79.0 Å². The van der Waals surface area contributed by atoms with Gasteiger partial charge in [-0.1, -0.05) is 102 Å². The van der Waals surface area contributed by atoms with E-state index in [1.165, 1.54) is 65.4 Å². The molecule has 0 aliphatic heterocycles. The molecule has 0 bridgehead atoms. The number of alkyl carbamates (subject to hydrolysis) is 2. The number of ether oxygens (including phenoxy) is 3. The number of nitrogens with zero attached hydrogens (tertiary/aromatic N) is 2. The predicted molar refractivity (Wildman–Crippen MR) is 211 cm³/mol. The summed E-state index contributed by atoms with van der Waals surface area (Å²) in [5.74, 6) is -4.52. The lowest BCUT2D eigenvalue weighted by Gasteiger charge is -2.37. The smallest absolute Gasteiger partial charge is 0.453 e. The van der Waals surface area contributed by atoms with E-state index in [9.17, 15) is 31.5 Å². The molecule has 0 fully saturated rings. The Morgan fingerprint density at radius 2 is 1.40 bits per heavy atom. The molecule has 57 heavy (non-hydrogen) atoms. The Hall–Kier alpha value is -4.90. The van der Waals surface area contributed by atoms with Crippen LogP contribution < -0.4 is 21.4 Å². The third kappa shape index (κ3) is 15.9. The quantitative estimate of drug-likeness (QED) is 0.0598. The van der Waals surface area contributed by atoms with E-state index in [1.807, 2.05) is 5.32 Å². The summed E-state index contributed by atoms with van der Waals surface area (Å²) in [6, 6.07) is 6.48. The molecular weight excluding hydrogens is 759 g/mol. The molecule has 0 saturated heterocycles. The van der Waals surface area contributed by atoms with Crippen molar-refractivity contribution in [3.8, 4) is 11.3 Å². The van der Waals surface area contributed by atoms with E-state index in [1.54, 1.807) is 17.6 Å². The molecule has 4 amide bonds. The van der Waals surface area contributed by atoms with Gasteiger partial charge in [0, 0.05) is 49.5 Å². The highest BCUT2D eigenvalue weighted by molar-refractivity contribution is 7.46. The highest BCUT2D eigenvalue weighted by Crippen LogP contribution is 2.35. The minimum atomic E-state index is -5.67. The molecule has 0 saturated carbocycles. The molecule has 0 aliphatic rings. The zero-order valence-corrected chi connectivity index (χ0v) is 30.2.